The van der Waals surface area contributed by atoms with Gasteiger partial charge < -0.3 is 9.47 Å². The second kappa shape index (κ2) is 13.4. The predicted molar refractivity (Wildman–Crippen MR) is 154 cm³/mol. The lowest BCUT2D eigenvalue weighted by atomic mass is 9.90. The average molecular weight is 690 g/mol. The fourth-order valence-corrected chi connectivity index (χ4v) is 6.22. The maximum atomic E-state index is 14.0. The molecule has 2 atom stereocenters. The standard InChI is InChI=1S/C30H32F9N9/c1-4-25(47-9-5-6-19(15-47)26-41-40-17-45(26)2)24-8-7-21(28(31,32)33)12-20(24)16-48(27-42-44-46(3)43-27)14-18-10-22(29(34,35)36)13-23(11-18)30(37,38)39/h7-8,10-13,17,19,25H,4-6,9,14-16H2,1-3H3. The summed E-state index contributed by atoms with van der Waals surface area (Å²) in [6.07, 6.45) is -11.2. The monoisotopic (exact) mass is 689 g/mol. The van der Waals surface area contributed by atoms with E-state index in [2.05, 4.69) is 30.5 Å². The maximum Gasteiger partial charge on any atom is 0.416 e. The quantitative estimate of drug-likeness (QED) is 0.176. The summed E-state index contributed by atoms with van der Waals surface area (Å²) in [6, 6.07) is 4.09. The molecule has 1 fully saturated rings. The van der Waals surface area contributed by atoms with E-state index in [1.165, 1.54) is 18.0 Å². The number of anilines is 1. The zero-order chi connectivity index (χ0) is 35.0. The molecule has 260 valence electrons. The Hall–Kier alpha value is -4.22. The third-order valence-corrected chi connectivity index (χ3v) is 8.38. The van der Waals surface area contributed by atoms with Gasteiger partial charge in [-0.2, -0.15) is 44.3 Å². The van der Waals surface area contributed by atoms with E-state index in [1.807, 2.05) is 18.5 Å². The van der Waals surface area contributed by atoms with E-state index in [9.17, 15) is 39.5 Å². The van der Waals surface area contributed by atoms with Crippen molar-refractivity contribution in [2.75, 3.05) is 18.0 Å². The summed E-state index contributed by atoms with van der Waals surface area (Å²) in [5.41, 5.74) is -3.71. The molecule has 3 heterocycles. The molecule has 1 aliphatic heterocycles. The van der Waals surface area contributed by atoms with Gasteiger partial charge in [-0.05, 0) is 78.0 Å². The number of tetrazole rings is 1. The molecule has 0 saturated carbocycles. The predicted octanol–water partition coefficient (Wildman–Crippen LogP) is 6.93. The molecule has 1 saturated heterocycles. The van der Waals surface area contributed by atoms with E-state index in [4.69, 9.17) is 0 Å². The molecule has 0 amide bonds. The Kier molecular flexibility index (Phi) is 9.76. The molecule has 0 spiro atoms. The second-order valence-electron chi connectivity index (χ2n) is 11.8. The van der Waals surface area contributed by atoms with Gasteiger partial charge in [-0.25, -0.2) is 0 Å². The largest absolute Gasteiger partial charge is 0.416 e. The van der Waals surface area contributed by atoms with Crippen LogP contribution >= 0.6 is 0 Å². The summed E-state index contributed by atoms with van der Waals surface area (Å²) >= 11 is 0. The second-order valence-corrected chi connectivity index (χ2v) is 11.8. The Labute approximate surface area is 269 Å². The smallest absolute Gasteiger partial charge is 0.330 e. The highest BCUT2D eigenvalue weighted by Gasteiger charge is 2.38. The van der Waals surface area contributed by atoms with Crippen LogP contribution in [0.3, 0.4) is 0 Å². The molecule has 2 unspecified atom stereocenters. The molecule has 2 aromatic carbocycles. The van der Waals surface area contributed by atoms with Gasteiger partial charge in [-0.15, -0.1) is 15.3 Å². The molecule has 48 heavy (non-hydrogen) atoms. The summed E-state index contributed by atoms with van der Waals surface area (Å²) in [6.45, 7) is 2.11. The van der Waals surface area contributed by atoms with Crippen molar-refractivity contribution < 1.29 is 39.5 Å². The van der Waals surface area contributed by atoms with E-state index in [0.717, 1.165) is 35.6 Å². The van der Waals surface area contributed by atoms with Crippen molar-refractivity contribution in [2.24, 2.45) is 14.1 Å². The first kappa shape index (κ1) is 35.1. The van der Waals surface area contributed by atoms with Gasteiger partial charge in [-0.3, -0.25) is 4.90 Å². The van der Waals surface area contributed by atoms with Crippen LogP contribution in [-0.4, -0.2) is 53.0 Å². The topological polar surface area (TPSA) is 80.8 Å². The van der Waals surface area contributed by atoms with Gasteiger partial charge in [0, 0.05) is 38.6 Å². The van der Waals surface area contributed by atoms with Crippen LogP contribution in [-0.2, 0) is 45.7 Å². The Morgan fingerprint density at radius 3 is 2.06 bits per heavy atom. The highest BCUT2D eigenvalue weighted by atomic mass is 19.4. The molecule has 0 bridgehead atoms. The molecule has 2 aromatic heterocycles. The van der Waals surface area contributed by atoms with Gasteiger partial charge in [0.2, 0.25) is 0 Å². The third kappa shape index (κ3) is 7.90. The molecule has 4 aromatic rings. The number of benzene rings is 2. The van der Waals surface area contributed by atoms with Crippen LogP contribution < -0.4 is 4.90 Å². The van der Waals surface area contributed by atoms with Crippen molar-refractivity contribution in [3.63, 3.8) is 0 Å². The minimum absolute atomic E-state index is 0.0120. The minimum atomic E-state index is -5.09. The van der Waals surface area contributed by atoms with Crippen molar-refractivity contribution >= 4 is 5.95 Å². The van der Waals surface area contributed by atoms with Crippen LogP contribution in [0.5, 0.6) is 0 Å². The van der Waals surface area contributed by atoms with Crippen LogP contribution in [0.25, 0.3) is 0 Å². The van der Waals surface area contributed by atoms with Gasteiger partial charge in [0.25, 0.3) is 5.95 Å². The number of piperidine rings is 1. The van der Waals surface area contributed by atoms with E-state index in [0.29, 0.717) is 37.2 Å². The number of rotatable bonds is 9. The molecule has 0 N–H and O–H groups in total. The fourth-order valence-electron chi connectivity index (χ4n) is 6.22. The third-order valence-electron chi connectivity index (χ3n) is 8.38. The van der Waals surface area contributed by atoms with Crippen LogP contribution in [0.4, 0.5) is 45.5 Å². The highest BCUT2D eigenvalue weighted by Crippen LogP contribution is 2.39. The Balaban J connectivity index is 1.56. The zero-order valence-electron chi connectivity index (χ0n) is 26.1. The first-order valence-electron chi connectivity index (χ1n) is 15.0. The molecule has 18 heteroatoms. The molecule has 1 aliphatic rings. The number of hydrogen-bond acceptors (Lipinski definition) is 7. The molecule has 0 radical (unpaired) electrons. The van der Waals surface area contributed by atoms with Crippen LogP contribution in [0.2, 0.25) is 0 Å². The summed E-state index contributed by atoms with van der Waals surface area (Å²) in [5, 5.41) is 19.9. The fraction of sp³-hybridized carbons (Fsp3) is 0.500. The lowest BCUT2D eigenvalue weighted by molar-refractivity contribution is -0.143. The summed E-state index contributed by atoms with van der Waals surface area (Å²) in [4.78, 5) is 4.40. The number of likely N-dealkylation sites (tertiary alicyclic amines) is 1. The number of nitrogens with zero attached hydrogens (tertiary/aromatic N) is 9. The van der Waals surface area contributed by atoms with E-state index in [1.54, 1.807) is 6.33 Å². The van der Waals surface area contributed by atoms with Crippen molar-refractivity contribution in [1.82, 2.24) is 39.9 Å². The Morgan fingerprint density at radius 1 is 0.854 bits per heavy atom. The summed E-state index contributed by atoms with van der Waals surface area (Å²) < 4.78 is 126. The van der Waals surface area contributed by atoms with Crippen molar-refractivity contribution in [3.05, 3.63) is 81.9 Å². The lowest BCUT2D eigenvalue weighted by Gasteiger charge is -2.39. The van der Waals surface area contributed by atoms with Crippen LogP contribution in [0, 0.1) is 0 Å². The Morgan fingerprint density at radius 2 is 1.52 bits per heavy atom. The first-order chi connectivity index (χ1) is 22.4. The summed E-state index contributed by atoms with van der Waals surface area (Å²) in [7, 11) is 3.23. The number of alkyl halides is 9. The van der Waals surface area contributed by atoms with Gasteiger partial charge in [0.1, 0.15) is 12.2 Å². The van der Waals surface area contributed by atoms with Gasteiger partial charge in [0.05, 0.1) is 23.7 Å². The average Bonchev–Trinajstić information content (AvgIpc) is 3.64. The maximum absolute atomic E-state index is 14.0. The molecular weight excluding hydrogens is 657 g/mol. The van der Waals surface area contributed by atoms with Gasteiger partial charge in [0.15, 0.2) is 0 Å². The van der Waals surface area contributed by atoms with Crippen molar-refractivity contribution in [2.45, 2.75) is 69.8 Å². The minimum Gasteiger partial charge on any atom is -0.330 e. The van der Waals surface area contributed by atoms with Crippen molar-refractivity contribution in [1.29, 1.82) is 0 Å². The van der Waals surface area contributed by atoms with Crippen LogP contribution in [0.15, 0.2) is 42.7 Å². The number of hydrogen-bond donors (Lipinski definition) is 0. The molecule has 0 aliphatic carbocycles. The molecule has 5 rings (SSSR count). The number of aromatic nitrogens is 7. The van der Waals surface area contributed by atoms with E-state index < -0.39 is 47.3 Å². The number of halogens is 9. The zero-order valence-corrected chi connectivity index (χ0v) is 26.1. The van der Waals surface area contributed by atoms with Crippen LogP contribution in [0.1, 0.15) is 77.4 Å². The van der Waals surface area contributed by atoms with E-state index in [-0.39, 0.29) is 36.1 Å². The Bertz CT molecular complexity index is 1680. The first-order valence-corrected chi connectivity index (χ1v) is 15.0. The lowest BCUT2D eigenvalue weighted by Crippen LogP contribution is -2.38. The normalized spacial score (nSPS) is 17.1. The van der Waals surface area contributed by atoms with Gasteiger partial charge in [-0.1, -0.05) is 18.1 Å². The molecule has 9 nitrogen and oxygen atoms in total. The van der Waals surface area contributed by atoms with E-state index >= 15 is 0 Å². The number of aryl methyl sites for hydroxylation is 2. The SMILES string of the molecule is CCC(c1ccc(C(F)(F)F)cc1CN(Cc1cc(C(F)(F)F)cc(C(F)(F)F)c1)c1nnn(C)n1)N1CCCC(c2nncn2C)C1. The molecular formula is C30H32F9N9. The van der Waals surface area contributed by atoms with Gasteiger partial charge >= 0.3 is 18.5 Å². The summed E-state index contributed by atoms with van der Waals surface area (Å²) in [5.74, 6) is 0.601. The highest BCUT2D eigenvalue weighted by molar-refractivity contribution is 5.42. The van der Waals surface area contributed by atoms with Crippen molar-refractivity contribution in [3.8, 4) is 0 Å².